The fraction of sp³-hybridized carbons (Fsp3) is 0.591. The van der Waals surface area contributed by atoms with Crippen molar-refractivity contribution in [1.29, 1.82) is 0 Å². The van der Waals surface area contributed by atoms with Crippen LogP contribution in [0.25, 0.3) is 16.6 Å². The van der Waals surface area contributed by atoms with Crippen LogP contribution < -0.4 is 10.9 Å². The number of nitrogens with one attached hydrogen (secondary N) is 1. The van der Waals surface area contributed by atoms with Gasteiger partial charge in [-0.05, 0) is 44.9 Å². The van der Waals surface area contributed by atoms with Crippen LogP contribution in [0.5, 0.6) is 0 Å². The number of amides is 1. The second kappa shape index (κ2) is 7.69. The van der Waals surface area contributed by atoms with Gasteiger partial charge >= 0.3 is 0 Å². The number of carbonyl (C=O) groups is 1. The highest BCUT2D eigenvalue weighted by atomic mass is 16.3. The number of fused-ring (bicyclic) bond motifs is 3. The van der Waals surface area contributed by atoms with Gasteiger partial charge in [-0.1, -0.05) is 20.8 Å². The quantitative estimate of drug-likeness (QED) is 0.709. The summed E-state index contributed by atoms with van der Waals surface area (Å²) in [5, 5.41) is 7.78. The molecule has 0 spiro atoms. The Balaban J connectivity index is 1.72. The van der Waals surface area contributed by atoms with Crippen molar-refractivity contribution in [1.82, 2.24) is 19.5 Å². The van der Waals surface area contributed by atoms with Crippen LogP contribution >= 0.6 is 0 Å². The Kier molecular flexibility index (Phi) is 5.23. The van der Waals surface area contributed by atoms with Gasteiger partial charge in [0.15, 0.2) is 5.58 Å². The number of rotatable bonds is 5. The maximum atomic E-state index is 13.2. The molecule has 1 aliphatic rings. The van der Waals surface area contributed by atoms with Crippen LogP contribution in [0.4, 0.5) is 0 Å². The molecule has 0 unspecified atom stereocenters. The third kappa shape index (κ3) is 3.47. The highest BCUT2D eigenvalue weighted by Crippen LogP contribution is 2.25. The molecule has 1 N–H and O–H groups in total. The van der Waals surface area contributed by atoms with Gasteiger partial charge < -0.3 is 9.73 Å². The number of nitrogens with zero attached hydrogens (tertiary/aromatic N) is 3. The minimum Gasteiger partial charge on any atom is -0.460 e. The largest absolute Gasteiger partial charge is 0.460 e. The van der Waals surface area contributed by atoms with Gasteiger partial charge in [0.25, 0.3) is 5.56 Å². The van der Waals surface area contributed by atoms with Crippen LogP contribution in [0.3, 0.4) is 0 Å². The average Bonchev–Trinajstić information content (AvgIpc) is 3.22. The Morgan fingerprint density at radius 2 is 1.97 bits per heavy atom. The summed E-state index contributed by atoms with van der Waals surface area (Å²) in [6.45, 7) is 8.06. The molecule has 1 saturated carbocycles. The van der Waals surface area contributed by atoms with Gasteiger partial charge in [-0.3, -0.25) is 14.0 Å². The van der Waals surface area contributed by atoms with E-state index in [0.29, 0.717) is 23.9 Å². The summed E-state index contributed by atoms with van der Waals surface area (Å²) in [5.74, 6) is 2.15. The zero-order valence-electron chi connectivity index (χ0n) is 17.7. The normalized spacial score (nSPS) is 21.0. The number of carbonyl (C=O) groups excluding carboxylic acids is 1. The number of aromatic nitrogens is 3. The molecule has 7 heteroatoms. The first kappa shape index (κ1) is 19.7. The van der Waals surface area contributed by atoms with Crippen LogP contribution in [-0.4, -0.2) is 26.1 Å². The van der Waals surface area contributed by atoms with E-state index >= 15 is 0 Å². The SMILES string of the molecule is CCc1nn([C@H](CC)C(=O)NC2CCC(C)CC2)c(=O)c2cc3oc(C)cc3n12. The van der Waals surface area contributed by atoms with E-state index in [-0.39, 0.29) is 17.5 Å². The Hall–Kier alpha value is -2.57. The molecule has 1 atom stereocenters. The summed E-state index contributed by atoms with van der Waals surface area (Å²) < 4.78 is 8.95. The van der Waals surface area contributed by atoms with Crippen LogP contribution in [-0.2, 0) is 11.2 Å². The topological polar surface area (TPSA) is 81.5 Å². The molecule has 3 heterocycles. The van der Waals surface area contributed by atoms with E-state index in [0.717, 1.165) is 48.7 Å². The first-order chi connectivity index (χ1) is 13.9. The van der Waals surface area contributed by atoms with Crippen molar-refractivity contribution in [2.24, 2.45) is 5.92 Å². The average molecular weight is 399 g/mol. The lowest BCUT2D eigenvalue weighted by molar-refractivity contribution is -0.125. The van der Waals surface area contributed by atoms with Crippen LogP contribution in [0.15, 0.2) is 21.3 Å². The zero-order valence-corrected chi connectivity index (χ0v) is 17.7. The lowest BCUT2D eigenvalue weighted by Gasteiger charge is -2.28. The number of aryl methyl sites for hydroxylation is 2. The van der Waals surface area contributed by atoms with Crippen LogP contribution in [0.2, 0.25) is 0 Å². The van der Waals surface area contributed by atoms with Crippen LogP contribution in [0.1, 0.15) is 70.5 Å². The van der Waals surface area contributed by atoms with Crippen molar-refractivity contribution in [3.63, 3.8) is 0 Å². The smallest absolute Gasteiger partial charge is 0.291 e. The van der Waals surface area contributed by atoms with Crippen molar-refractivity contribution >= 4 is 22.5 Å². The van der Waals surface area contributed by atoms with Gasteiger partial charge in [0, 0.05) is 24.6 Å². The predicted molar refractivity (Wildman–Crippen MR) is 112 cm³/mol. The molecule has 1 amide bonds. The first-order valence-electron chi connectivity index (χ1n) is 10.8. The molecule has 3 aromatic rings. The molecule has 0 bridgehead atoms. The molecular formula is C22H30N4O3. The maximum absolute atomic E-state index is 13.2. The van der Waals surface area contributed by atoms with E-state index in [2.05, 4.69) is 17.3 Å². The van der Waals surface area contributed by atoms with Crippen molar-refractivity contribution < 1.29 is 9.21 Å². The van der Waals surface area contributed by atoms with Gasteiger partial charge in [-0.15, -0.1) is 0 Å². The lowest BCUT2D eigenvalue weighted by Crippen LogP contribution is -2.44. The second-order valence-corrected chi connectivity index (χ2v) is 8.38. The summed E-state index contributed by atoms with van der Waals surface area (Å²) >= 11 is 0. The van der Waals surface area contributed by atoms with E-state index in [1.807, 2.05) is 31.2 Å². The minimum absolute atomic E-state index is 0.112. The van der Waals surface area contributed by atoms with Gasteiger partial charge in [0.1, 0.15) is 23.1 Å². The maximum Gasteiger partial charge on any atom is 0.291 e. The molecule has 29 heavy (non-hydrogen) atoms. The highest BCUT2D eigenvalue weighted by Gasteiger charge is 2.27. The molecule has 7 nitrogen and oxygen atoms in total. The molecular weight excluding hydrogens is 368 g/mol. The molecule has 1 aliphatic carbocycles. The summed E-state index contributed by atoms with van der Waals surface area (Å²) in [4.78, 5) is 26.3. The Morgan fingerprint density at radius 3 is 2.62 bits per heavy atom. The highest BCUT2D eigenvalue weighted by molar-refractivity contribution is 5.84. The minimum atomic E-state index is -0.611. The third-order valence-electron chi connectivity index (χ3n) is 6.18. The number of hydrogen-bond acceptors (Lipinski definition) is 4. The summed E-state index contributed by atoms with van der Waals surface area (Å²) in [6.07, 6.45) is 5.42. The molecule has 0 saturated heterocycles. The molecule has 3 aromatic heterocycles. The molecule has 0 radical (unpaired) electrons. The lowest BCUT2D eigenvalue weighted by atomic mass is 9.87. The van der Waals surface area contributed by atoms with E-state index in [1.165, 1.54) is 4.68 Å². The Morgan fingerprint density at radius 1 is 1.24 bits per heavy atom. The second-order valence-electron chi connectivity index (χ2n) is 8.38. The van der Waals surface area contributed by atoms with Crippen molar-refractivity contribution in [3.05, 3.63) is 34.1 Å². The van der Waals surface area contributed by atoms with E-state index in [9.17, 15) is 9.59 Å². The van der Waals surface area contributed by atoms with Gasteiger partial charge in [0.2, 0.25) is 5.91 Å². The summed E-state index contributed by atoms with van der Waals surface area (Å²) in [7, 11) is 0. The Bertz CT molecular complexity index is 1100. The fourth-order valence-electron chi connectivity index (χ4n) is 4.49. The van der Waals surface area contributed by atoms with E-state index in [1.54, 1.807) is 6.07 Å². The number of hydrogen-bond donors (Lipinski definition) is 1. The summed E-state index contributed by atoms with van der Waals surface area (Å²) in [5.41, 5.74) is 1.76. The van der Waals surface area contributed by atoms with Crippen molar-refractivity contribution in [2.75, 3.05) is 0 Å². The van der Waals surface area contributed by atoms with Gasteiger partial charge in [-0.2, -0.15) is 5.10 Å². The van der Waals surface area contributed by atoms with Crippen molar-refractivity contribution in [3.8, 4) is 0 Å². The molecule has 1 fully saturated rings. The molecule has 4 rings (SSSR count). The molecule has 156 valence electrons. The van der Waals surface area contributed by atoms with Crippen molar-refractivity contribution in [2.45, 2.75) is 78.3 Å². The fourth-order valence-corrected chi connectivity index (χ4v) is 4.49. The number of furan rings is 1. The zero-order chi connectivity index (χ0) is 20.7. The molecule has 0 aromatic carbocycles. The summed E-state index contributed by atoms with van der Waals surface area (Å²) in [6, 6.07) is 3.26. The van der Waals surface area contributed by atoms with E-state index in [4.69, 9.17) is 4.42 Å². The first-order valence-corrected chi connectivity index (χ1v) is 10.8. The predicted octanol–water partition coefficient (Wildman–Crippen LogP) is 3.76. The van der Waals surface area contributed by atoms with Gasteiger partial charge in [0.05, 0.1) is 5.52 Å². The van der Waals surface area contributed by atoms with Gasteiger partial charge in [-0.25, -0.2) is 4.68 Å². The molecule has 0 aliphatic heterocycles. The van der Waals surface area contributed by atoms with Crippen LogP contribution in [0, 0.1) is 12.8 Å². The standard InChI is InChI=1S/C22H30N4O3/c1-5-16(21(27)23-15-9-7-13(3)8-10-15)26-22(28)18-12-19-17(11-14(4)29-19)25(18)20(6-2)24-26/h11-13,15-16H,5-10H2,1-4H3,(H,23,27)/t13?,15?,16-/m1/s1. The van der Waals surface area contributed by atoms with E-state index < -0.39 is 6.04 Å². The Labute approximate surface area is 170 Å². The monoisotopic (exact) mass is 398 g/mol. The third-order valence-corrected chi connectivity index (χ3v) is 6.18.